The van der Waals surface area contributed by atoms with Gasteiger partial charge in [-0.1, -0.05) is 35.0 Å². The van der Waals surface area contributed by atoms with E-state index in [0.29, 0.717) is 0 Å². The number of ether oxygens (including phenoxy) is 1. The van der Waals surface area contributed by atoms with Gasteiger partial charge in [0.25, 0.3) is 0 Å². The first-order valence-corrected chi connectivity index (χ1v) is 6.29. The Labute approximate surface area is 99.5 Å². The van der Waals surface area contributed by atoms with Gasteiger partial charge in [0.2, 0.25) is 0 Å². The van der Waals surface area contributed by atoms with E-state index in [4.69, 9.17) is 4.74 Å². The van der Waals surface area contributed by atoms with E-state index in [1.807, 2.05) is 12.3 Å². The molecular formula is C12H16BrNO. The fourth-order valence-electron chi connectivity index (χ4n) is 1.11. The van der Waals surface area contributed by atoms with Crippen LogP contribution < -0.4 is 4.74 Å². The molecule has 0 fully saturated rings. The Balaban J connectivity index is 2.57. The quantitative estimate of drug-likeness (QED) is 0.736. The summed E-state index contributed by atoms with van der Waals surface area (Å²) in [5, 5.41) is 0.989. The van der Waals surface area contributed by atoms with Crippen LogP contribution >= 0.6 is 15.9 Å². The van der Waals surface area contributed by atoms with Gasteiger partial charge in [-0.25, -0.2) is 0 Å². The van der Waals surface area contributed by atoms with Crippen molar-refractivity contribution < 1.29 is 4.74 Å². The Kier molecular flexibility index (Phi) is 6.09. The minimum atomic E-state index is 0.746. The molecule has 0 unspecified atom stereocenters. The van der Waals surface area contributed by atoms with Crippen LogP contribution in [-0.2, 0) is 0 Å². The molecule has 1 heterocycles. The molecular weight excluding hydrogens is 254 g/mol. The maximum absolute atomic E-state index is 5.50. The first kappa shape index (κ1) is 12.2. The number of rotatable bonds is 6. The van der Waals surface area contributed by atoms with Crippen LogP contribution in [0.15, 0.2) is 24.5 Å². The van der Waals surface area contributed by atoms with Gasteiger partial charge < -0.3 is 4.74 Å². The number of allylic oxidation sites excluding steroid dienone is 1. The lowest BCUT2D eigenvalue weighted by molar-refractivity contribution is 0.316. The molecule has 3 heteroatoms. The lowest BCUT2D eigenvalue weighted by atomic mass is 10.2. The fraction of sp³-hybridized carbons (Fsp3) is 0.417. The van der Waals surface area contributed by atoms with Gasteiger partial charge in [0, 0.05) is 11.5 Å². The van der Waals surface area contributed by atoms with Gasteiger partial charge in [-0.3, -0.25) is 4.98 Å². The first-order chi connectivity index (χ1) is 7.36. The minimum absolute atomic E-state index is 0.746. The van der Waals surface area contributed by atoms with E-state index >= 15 is 0 Å². The predicted molar refractivity (Wildman–Crippen MR) is 67.5 cm³/mol. The zero-order chi connectivity index (χ0) is 10.9. The summed E-state index contributed by atoms with van der Waals surface area (Å²) in [4.78, 5) is 4.13. The van der Waals surface area contributed by atoms with E-state index in [2.05, 4.69) is 40.0 Å². The first-order valence-electron chi connectivity index (χ1n) is 5.17. The van der Waals surface area contributed by atoms with Crippen LogP contribution in [0.3, 0.4) is 0 Å². The average Bonchev–Trinajstić information content (AvgIpc) is 2.27. The van der Waals surface area contributed by atoms with Crippen molar-refractivity contribution in [2.24, 2.45) is 0 Å². The molecule has 0 aliphatic rings. The van der Waals surface area contributed by atoms with E-state index in [1.165, 1.54) is 0 Å². The van der Waals surface area contributed by atoms with Crippen LogP contribution in [0.2, 0.25) is 0 Å². The Hall–Kier alpha value is -0.830. The van der Waals surface area contributed by atoms with Crippen molar-refractivity contribution in [1.29, 1.82) is 0 Å². The van der Waals surface area contributed by atoms with Gasteiger partial charge in [-0.15, -0.1) is 0 Å². The van der Waals surface area contributed by atoms with Crippen molar-refractivity contribution in [3.63, 3.8) is 0 Å². The molecule has 1 aromatic rings. The molecule has 0 aliphatic heterocycles. The highest BCUT2D eigenvalue weighted by molar-refractivity contribution is 9.09. The summed E-state index contributed by atoms with van der Waals surface area (Å²) >= 11 is 3.38. The van der Waals surface area contributed by atoms with Crippen LogP contribution in [0.4, 0.5) is 0 Å². The molecule has 0 spiro atoms. The molecule has 0 radical (unpaired) electrons. The molecule has 0 saturated heterocycles. The zero-order valence-electron chi connectivity index (χ0n) is 8.95. The molecule has 0 aliphatic carbocycles. The van der Waals surface area contributed by atoms with E-state index in [-0.39, 0.29) is 0 Å². The van der Waals surface area contributed by atoms with Crippen LogP contribution in [0.25, 0.3) is 6.08 Å². The Bertz CT molecular complexity index is 312. The van der Waals surface area contributed by atoms with Crippen molar-refractivity contribution in [3.05, 3.63) is 30.1 Å². The maximum atomic E-state index is 5.50. The van der Waals surface area contributed by atoms with E-state index in [9.17, 15) is 0 Å². The van der Waals surface area contributed by atoms with Gasteiger partial charge in [0.05, 0.1) is 12.8 Å². The number of aromatic nitrogens is 1. The number of pyridine rings is 1. The highest BCUT2D eigenvalue weighted by Gasteiger charge is 1.94. The molecule has 0 aromatic carbocycles. The van der Waals surface area contributed by atoms with Crippen molar-refractivity contribution in [2.75, 3.05) is 11.9 Å². The van der Waals surface area contributed by atoms with Crippen molar-refractivity contribution in [3.8, 4) is 5.75 Å². The van der Waals surface area contributed by atoms with Crippen molar-refractivity contribution in [1.82, 2.24) is 4.98 Å². The topological polar surface area (TPSA) is 22.1 Å². The third kappa shape index (κ3) is 4.98. The fourth-order valence-corrected chi connectivity index (χ4v) is 1.37. The van der Waals surface area contributed by atoms with Gasteiger partial charge in [0.1, 0.15) is 5.75 Å². The monoisotopic (exact) mass is 269 g/mol. The molecule has 15 heavy (non-hydrogen) atoms. The smallest absolute Gasteiger partial charge is 0.138 e. The zero-order valence-corrected chi connectivity index (χ0v) is 10.5. The van der Waals surface area contributed by atoms with E-state index in [0.717, 1.165) is 36.1 Å². The van der Waals surface area contributed by atoms with E-state index < -0.39 is 0 Å². The number of hydrogen-bond acceptors (Lipinski definition) is 2. The summed E-state index contributed by atoms with van der Waals surface area (Å²) in [5.41, 5.74) is 1.09. The third-order valence-corrected chi connectivity index (χ3v) is 2.25. The highest BCUT2D eigenvalue weighted by atomic mass is 79.9. The molecule has 0 amide bonds. The summed E-state index contributed by atoms with van der Waals surface area (Å²) in [6.07, 6.45) is 9.81. The van der Waals surface area contributed by atoms with Gasteiger partial charge in [-0.05, 0) is 24.5 Å². The molecule has 2 nitrogen and oxygen atoms in total. The van der Waals surface area contributed by atoms with Gasteiger partial charge in [0.15, 0.2) is 0 Å². The summed E-state index contributed by atoms with van der Waals surface area (Å²) in [5.74, 6) is 0.845. The number of alkyl halides is 1. The second-order valence-electron chi connectivity index (χ2n) is 3.18. The molecule has 82 valence electrons. The maximum Gasteiger partial charge on any atom is 0.138 e. The lowest BCUT2D eigenvalue weighted by Gasteiger charge is -2.03. The van der Waals surface area contributed by atoms with Gasteiger partial charge in [-0.2, -0.15) is 0 Å². The van der Waals surface area contributed by atoms with Crippen molar-refractivity contribution in [2.45, 2.75) is 19.8 Å². The Morgan fingerprint density at radius 2 is 2.33 bits per heavy atom. The second kappa shape index (κ2) is 7.46. The predicted octanol–water partition coefficient (Wildman–Crippen LogP) is 3.67. The van der Waals surface area contributed by atoms with Gasteiger partial charge >= 0.3 is 0 Å². The molecule has 1 aromatic heterocycles. The second-order valence-corrected chi connectivity index (χ2v) is 3.98. The van der Waals surface area contributed by atoms with E-state index in [1.54, 1.807) is 6.20 Å². The normalized spacial score (nSPS) is 10.8. The molecule has 0 atom stereocenters. The van der Waals surface area contributed by atoms with Crippen LogP contribution in [0.5, 0.6) is 5.75 Å². The molecule has 0 bridgehead atoms. The summed E-state index contributed by atoms with van der Waals surface area (Å²) in [6.45, 7) is 2.84. The number of nitrogens with zero attached hydrogens (tertiary/aromatic N) is 1. The summed E-state index contributed by atoms with van der Waals surface area (Å²) < 4.78 is 5.50. The molecule has 1 rings (SSSR count). The third-order valence-electron chi connectivity index (χ3n) is 1.79. The summed E-state index contributed by atoms with van der Waals surface area (Å²) in [6, 6.07) is 2.01. The highest BCUT2D eigenvalue weighted by Crippen LogP contribution is 2.12. The Morgan fingerprint density at radius 1 is 1.47 bits per heavy atom. The van der Waals surface area contributed by atoms with Crippen molar-refractivity contribution >= 4 is 22.0 Å². The minimum Gasteiger partial charge on any atom is -0.492 e. The molecule has 0 N–H and O–H groups in total. The standard InChI is InChI=1S/C12H16BrNO/c1-2-7-15-12-8-11(9-14-10-12)5-3-4-6-13/h3,5,8-10H,2,4,6-7H2,1H3/b5-3+. The largest absolute Gasteiger partial charge is 0.492 e. The lowest BCUT2D eigenvalue weighted by Crippen LogP contribution is -1.95. The molecule has 0 saturated carbocycles. The van der Waals surface area contributed by atoms with Crippen LogP contribution in [0.1, 0.15) is 25.3 Å². The summed E-state index contributed by atoms with van der Waals surface area (Å²) in [7, 11) is 0. The van der Waals surface area contributed by atoms with Crippen LogP contribution in [-0.4, -0.2) is 16.9 Å². The number of halogens is 1. The van der Waals surface area contributed by atoms with Crippen LogP contribution in [0, 0.1) is 0 Å². The number of hydrogen-bond donors (Lipinski definition) is 0. The SMILES string of the molecule is CCCOc1cncc(/C=C/CCBr)c1. The average molecular weight is 270 g/mol. The Morgan fingerprint density at radius 3 is 3.07 bits per heavy atom.